The number of carbonyl (C=O) groups is 1. The summed E-state index contributed by atoms with van der Waals surface area (Å²) < 4.78 is 0. The van der Waals surface area contributed by atoms with Gasteiger partial charge in [0.1, 0.15) is 0 Å². The number of hydrogen-bond donors (Lipinski definition) is 1. The van der Waals surface area contributed by atoms with Gasteiger partial charge in [-0.15, -0.1) is 0 Å². The normalized spacial score (nSPS) is 20.4. The van der Waals surface area contributed by atoms with E-state index in [1.54, 1.807) is 0 Å². The van der Waals surface area contributed by atoms with Gasteiger partial charge in [-0.05, 0) is 51.1 Å². The molecule has 100 valence electrons. The first-order chi connectivity index (χ1) is 8.81. The molecule has 0 radical (unpaired) electrons. The maximum atomic E-state index is 12.2. The fourth-order valence-corrected chi connectivity index (χ4v) is 2.71. The summed E-state index contributed by atoms with van der Waals surface area (Å²) in [6, 6.07) is 2.58. The van der Waals surface area contributed by atoms with Crippen molar-refractivity contribution in [3.05, 3.63) is 0 Å². The number of piperidine rings is 1. The van der Waals surface area contributed by atoms with E-state index in [4.69, 9.17) is 5.26 Å². The maximum Gasteiger partial charge on any atom is 0.222 e. The molecule has 2 aliphatic rings. The van der Waals surface area contributed by atoms with Crippen LogP contribution in [0.5, 0.6) is 0 Å². The van der Waals surface area contributed by atoms with E-state index < -0.39 is 0 Å². The molecule has 0 aromatic carbocycles. The van der Waals surface area contributed by atoms with Crippen molar-refractivity contribution < 1.29 is 4.79 Å². The van der Waals surface area contributed by atoms with Crippen LogP contribution < -0.4 is 5.32 Å². The van der Waals surface area contributed by atoms with Crippen LogP contribution in [0.2, 0.25) is 0 Å². The highest BCUT2D eigenvalue weighted by Crippen LogP contribution is 2.28. The van der Waals surface area contributed by atoms with Crippen molar-refractivity contribution in [1.82, 2.24) is 10.2 Å². The fourth-order valence-electron chi connectivity index (χ4n) is 2.71. The summed E-state index contributed by atoms with van der Waals surface area (Å²) in [5, 5.41) is 12.0. The minimum absolute atomic E-state index is 0.270. The van der Waals surface area contributed by atoms with Gasteiger partial charge in [-0.1, -0.05) is 0 Å². The van der Waals surface area contributed by atoms with Crippen molar-refractivity contribution in [3.63, 3.8) is 0 Å². The summed E-state index contributed by atoms with van der Waals surface area (Å²) in [6.45, 7) is 2.82. The fraction of sp³-hybridized carbons (Fsp3) is 0.857. The number of amides is 1. The molecule has 1 aliphatic carbocycles. The minimum atomic E-state index is 0.270. The first-order valence-electron chi connectivity index (χ1n) is 7.18. The predicted molar refractivity (Wildman–Crippen MR) is 69.8 cm³/mol. The smallest absolute Gasteiger partial charge is 0.222 e. The molecular weight excluding hydrogens is 226 g/mol. The third kappa shape index (κ3) is 3.99. The third-order valence-corrected chi connectivity index (χ3v) is 4.00. The highest BCUT2D eigenvalue weighted by molar-refractivity contribution is 5.76. The second-order valence-corrected chi connectivity index (χ2v) is 5.46. The molecule has 0 atom stereocenters. The molecule has 1 saturated heterocycles. The van der Waals surface area contributed by atoms with Crippen LogP contribution in [0.4, 0.5) is 0 Å². The van der Waals surface area contributed by atoms with Gasteiger partial charge in [-0.2, -0.15) is 5.26 Å². The Labute approximate surface area is 109 Å². The Morgan fingerprint density at radius 3 is 2.61 bits per heavy atom. The molecular formula is C14H23N3O. The molecule has 0 aromatic heterocycles. The van der Waals surface area contributed by atoms with Crippen LogP contribution in [-0.2, 0) is 4.79 Å². The highest BCUT2D eigenvalue weighted by Gasteiger charge is 2.32. The predicted octanol–water partition coefficient (Wildman–Crippen LogP) is 1.67. The lowest BCUT2D eigenvalue weighted by Crippen LogP contribution is -2.34. The molecule has 1 heterocycles. The molecule has 1 saturated carbocycles. The molecule has 0 bridgehead atoms. The first kappa shape index (κ1) is 13.4. The average molecular weight is 249 g/mol. The van der Waals surface area contributed by atoms with Crippen LogP contribution in [-0.4, -0.2) is 36.5 Å². The molecule has 1 aliphatic heterocycles. The van der Waals surface area contributed by atoms with E-state index in [1.807, 2.05) is 4.90 Å². The Balaban J connectivity index is 1.72. The zero-order chi connectivity index (χ0) is 12.8. The maximum absolute atomic E-state index is 12.2. The van der Waals surface area contributed by atoms with Crippen molar-refractivity contribution in [1.29, 1.82) is 5.26 Å². The summed E-state index contributed by atoms with van der Waals surface area (Å²) >= 11 is 0. The van der Waals surface area contributed by atoms with Gasteiger partial charge in [0.25, 0.3) is 0 Å². The molecule has 4 nitrogen and oxygen atoms in total. The third-order valence-electron chi connectivity index (χ3n) is 4.00. The van der Waals surface area contributed by atoms with Crippen LogP contribution in [0.15, 0.2) is 0 Å². The van der Waals surface area contributed by atoms with E-state index >= 15 is 0 Å². The highest BCUT2D eigenvalue weighted by atomic mass is 16.2. The van der Waals surface area contributed by atoms with Crippen LogP contribution in [0.3, 0.4) is 0 Å². The van der Waals surface area contributed by atoms with Crippen molar-refractivity contribution >= 4 is 5.91 Å². The molecule has 4 heteroatoms. The number of nitrogens with one attached hydrogen (secondary N) is 1. The lowest BCUT2D eigenvalue weighted by atomic mass is 9.93. The second-order valence-electron chi connectivity index (χ2n) is 5.46. The van der Waals surface area contributed by atoms with Crippen molar-refractivity contribution in [2.45, 2.75) is 51.0 Å². The summed E-state index contributed by atoms with van der Waals surface area (Å²) in [6.07, 6.45) is 6.83. The first-order valence-corrected chi connectivity index (χ1v) is 7.18. The van der Waals surface area contributed by atoms with Gasteiger partial charge in [0.2, 0.25) is 5.91 Å². The molecule has 0 spiro atoms. The van der Waals surface area contributed by atoms with Gasteiger partial charge in [0, 0.05) is 19.0 Å². The van der Waals surface area contributed by atoms with E-state index in [2.05, 4.69) is 11.4 Å². The molecule has 2 fully saturated rings. The molecule has 2 rings (SSSR count). The number of hydrogen-bond acceptors (Lipinski definition) is 3. The summed E-state index contributed by atoms with van der Waals surface area (Å²) in [5.41, 5.74) is 0. The largest absolute Gasteiger partial charge is 0.339 e. The molecule has 0 aromatic rings. The SMILES string of the molecule is N#CCCN(C(=O)CCC1CCNCC1)C1CC1. The Morgan fingerprint density at radius 2 is 2.00 bits per heavy atom. The second kappa shape index (κ2) is 6.75. The van der Waals surface area contributed by atoms with Gasteiger partial charge < -0.3 is 10.2 Å². The van der Waals surface area contributed by atoms with Crippen LogP contribution in [0.25, 0.3) is 0 Å². The van der Waals surface area contributed by atoms with E-state index in [0.29, 0.717) is 31.3 Å². The van der Waals surface area contributed by atoms with Gasteiger partial charge >= 0.3 is 0 Å². The molecule has 18 heavy (non-hydrogen) atoms. The summed E-state index contributed by atoms with van der Waals surface area (Å²) in [4.78, 5) is 14.1. The van der Waals surface area contributed by atoms with Gasteiger partial charge in [0.05, 0.1) is 12.5 Å². The summed E-state index contributed by atoms with van der Waals surface area (Å²) in [7, 11) is 0. The van der Waals surface area contributed by atoms with Crippen LogP contribution in [0, 0.1) is 17.2 Å². The molecule has 0 unspecified atom stereocenters. The van der Waals surface area contributed by atoms with E-state index in [1.165, 1.54) is 12.8 Å². The lowest BCUT2D eigenvalue weighted by Gasteiger charge is -2.25. The van der Waals surface area contributed by atoms with E-state index in [0.717, 1.165) is 32.4 Å². The quantitative estimate of drug-likeness (QED) is 0.779. The van der Waals surface area contributed by atoms with Crippen LogP contribution >= 0.6 is 0 Å². The zero-order valence-corrected chi connectivity index (χ0v) is 11.0. The lowest BCUT2D eigenvalue weighted by molar-refractivity contribution is -0.132. The van der Waals surface area contributed by atoms with E-state index in [-0.39, 0.29) is 5.91 Å². The van der Waals surface area contributed by atoms with Crippen LogP contribution in [0.1, 0.15) is 44.9 Å². The Bertz CT molecular complexity index is 313. The molecule has 1 amide bonds. The monoisotopic (exact) mass is 249 g/mol. The molecule has 1 N–H and O–H groups in total. The van der Waals surface area contributed by atoms with Gasteiger partial charge in [0.15, 0.2) is 0 Å². The Morgan fingerprint density at radius 1 is 1.28 bits per heavy atom. The number of nitrogens with zero attached hydrogens (tertiary/aromatic N) is 2. The Hall–Kier alpha value is -1.08. The standard InChI is InChI=1S/C14H23N3O/c15-8-1-11-17(13-3-4-13)14(18)5-2-12-6-9-16-10-7-12/h12-13,16H,1-7,9-11H2. The Kier molecular flexibility index (Phi) is 5.00. The summed E-state index contributed by atoms with van der Waals surface area (Å²) in [5.74, 6) is 0.985. The number of carbonyl (C=O) groups excluding carboxylic acids is 1. The average Bonchev–Trinajstić information content (AvgIpc) is 3.22. The number of nitriles is 1. The zero-order valence-electron chi connectivity index (χ0n) is 11.0. The minimum Gasteiger partial charge on any atom is -0.339 e. The van der Waals surface area contributed by atoms with Crippen molar-refractivity contribution in [2.75, 3.05) is 19.6 Å². The van der Waals surface area contributed by atoms with Crippen molar-refractivity contribution in [2.24, 2.45) is 5.92 Å². The van der Waals surface area contributed by atoms with E-state index in [9.17, 15) is 4.79 Å². The van der Waals surface area contributed by atoms with Gasteiger partial charge in [-0.3, -0.25) is 4.79 Å². The van der Waals surface area contributed by atoms with Crippen molar-refractivity contribution in [3.8, 4) is 6.07 Å². The topological polar surface area (TPSA) is 56.1 Å². The van der Waals surface area contributed by atoms with Gasteiger partial charge in [-0.25, -0.2) is 0 Å². The number of rotatable bonds is 6.